The first-order chi connectivity index (χ1) is 13.5. The van der Waals surface area contributed by atoms with Crippen molar-refractivity contribution in [1.29, 1.82) is 0 Å². The van der Waals surface area contributed by atoms with Crippen molar-refractivity contribution in [2.24, 2.45) is 5.92 Å². The second-order valence-corrected chi connectivity index (χ2v) is 7.84. The number of amides is 2. The number of carbonyl (C=O) groups excluding carboxylic acids is 2. The topological polar surface area (TPSA) is 62.3 Å². The average molecular weight is 380 g/mol. The Morgan fingerprint density at radius 1 is 1.14 bits per heavy atom. The molecule has 1 aromatic heterocycles. The molecule has 148 valence electrons. The SMILES string of the molecule is CC(C)CC(=O)N1CCC[C@H]1C(=O)NC(Cc1ccccn1)c1ccccc1. The predicted molar refractivity (Wildman–Crippen MR) is 109 cm³/mol. The van der Waals surface area contributed by atoms with Gasteiger partial charge in [-0.3, -0.25) is 14.6 Å². The molecule has 5 nitrogen and oxygen atoms in total. The van der Waals surface area contributed by atoms with Crippen molar-refractivity contribution >= 4 is 11.8 Å². The van der Waals surface area contributed by atoms with Gasteiger partial charge in [0.2, 0.25) is 11.8 Å². The highest BCUT2D eigenvalue weighted by Crippen LogP contribution is 2.23. The first-order valence-electron chi connectivity index (χ1n) is 10.1. The Labute approximate surface area is 167 Å². The minimum atomic E-state index is -0.374. The molecule has 0 aliphatic carbocycles. The molecule has 0 spiro atoms. The Morgan fingerprint density at radius 3 is 2.57 bits per heavy atom. The first-order valence-corrected chi connectivity index (χ1v) is 10.1. The van der Waals surface area contributed by atoms with Gasteiger partial charge in [-0.2, -0.15) is 0 Å². The first kappa shape index (κ1) is 20.1. The van der Waals surface area contributed by atoms with Gasteiger partial charge in [0.05, 0.1) is 6.04 Å². The Hall–Kier alpha value is -2.69. The van der Waals surface area contributed by atoms with Gasteiger partial charge in [-0.15, -0.1) is 0 Å². The van der Waals surface area contributed by atoms with Gasteiger partial charge in [0.1, 0.15) is 6.04 Å². The van der Waals surface area contributed by atoms with Gasteiger partial charge in [-0.25, -0.2) is 0 Å². The quantitative estimate of drug-likeness (QED) is 0.801. The normalized spacial score (nSPS) is 17.5. The number of hydrogen-bond acceptors (Lipinski definition) is 3. The summed E-state index contributed by atoms with van der Waals surface area (Å²) in [6.45, 7) is 4.72. The highest BCUT2D eigenvalue weighted by Gasteiger charge is 2.35. The lowest BCUT2D eigenvalue weighted by molar-refractivity contribution is -0.139. The number of carbonyl (C=O) groups is 2. The maximum atomic E-state index is 13.1. The number of benzene rings is 1. The molecule has 1 fully saturated rings. The van der Waals surface area contributed by atoms with E-state index >= 15 is 0 Å². The van der Waals surface area contributed by atoms with Crippen LogP contribution in [-0.2, 0) is 16.0 Å². The Bertz CT molecular complexity index is 777. The van der Waals surface area contributed by atoms with Gasteiger partial charge < -0.3 is 10.2 Å². The average Bonchev–Trinajstić information content (AvgIpc) is 3.19. The van der Waals surface area contributed by atoms with Crippen molar-refractivity contribution in [1.82, 2.24) is 15.2 Å². The van der Waals surface area contributed by atoms with E-state index in [-0.39, 0.29) is 29.8 Å². The molecule has 2 heterocycles. The van der Waals surface area contributed by atoms with Crippen LogP contribution in [0, 0.1) is 5.92 Å². The van der Waals surface area contributed by atoms with Gasteiger partial charge in [-0.05, 0) is 36.5 Å². The van der Waals surface area contributed by atoms with Gasteiger partial charge in [0.15, 0.2) is 0 Å². The van der Waals surface area contributed by atoms with E-state index < -0.39 is 0 Å². The van der Waals surface area contributed by atoms with Crippen LogP contribution in [0.1, 0.15) is 50.4 Å². The van der Waals surface area contributed by atoms with Crippen LogP contribution in [0.25, 0.3) is 0 Å². The van der Waals surface area contributed by atoms with E-state index in [9.17, 15) is 9.59 Å². The van der Waals surface area contributed by atoms with Gasteiger partial charge in [-0.1, -0.05) is 50.2 Å². The summed E-state index contributed by atoms with van der Waals surface area (Å²) >= 11 is 0. The van der Waals surface area contributed by atoms with Crippen LogP contribution in [-0.4, -0.2) is 34.3 Å². The van der Waals surface area contributed by atoms with Crippen LogP contribution >= 0.6 is 0 Å². The van der Waals surface area contributed by atoms with Crippen LogP contribution in [0.2, 0.25) is 0 Å². The maximum Gasteiger partial charge on any atom is 0.243 e. The lowest BCUT2D eigenvalue weighted by Gasteiger charge is -2.27. The number of pyridine rings is 1. The molecular formula is C23H29N3O2. The third-order valence-corrected chi connectivity index (χ3v) is 5.12. The standard InChI is InChI=1S/C23H29N3O2/c1-17(2)15-22(27)26-14-8-12-21(26)23(28)25-20(18-9-4-3-5-10-18)16-19-11-6-7-13-24-19/h3-7,9-11,13,17,20-21H,8,12,14-16H2,1-2H3,(H,25,28)/t20?,21-/m0/s1. The molecule has 1 aliphatic rings. The fourth-order valence-electron chi connectivity index (χ4n) is 3.74. The largest absolute Gasteiger partial charge is 0.347 e. The van der Waals surface area contributed by atoms with E-state index in [2.05, 4.69) is 10.3 Å². The summed E-state index contributed by atoms with van der Waals surface area (Å²) < 4.78 is 0. The van der Waals surface area contributed by atoms with Crippen LogP contribution in [0.4, 0.5) is 0 Å². The van der Waals surface area contributed by atoms with Crippen molar-refractivity contribution in [2.75, 3.05) is 6.54 Å². The molecule has 2 aromatic rings. The van der Waals surface area contributed by atoms with E-state index in [1.54, 1.807) is 11.1 Å². The molecule has 1 N–H and O–H groups in total. The zero-order valence-electron chi connectivity index (χ0n) is 16.7. The minimum Gasteiger partial charge on any atom is -0.347 e. The number of nitrogens with zero attached hydrogens (tertiary/aromatic N) is 2. The molecule has 1 aliphatic heterocycles. The van der Waals surface area contributed by atoms with Crippen LogP contribution < -0.4 is 5.32 Å². The van der Waals surface area contributed by atoms with E-state index in [1.807, 2.05) is 62.4 Å². The third kappa shape index (κ3) is 5.18. The lowest BCUT2D eigenvalue weighted by Crippen LogP contribution is -2.47. The predicted octanol–water partition coefficient (Wildman–Crippen LogP) is 3.52. The molecule has 1 unspecified atom stereocenters. The van der Waals surface area contributed by atoms with Crippen LogP contribution in [0.5, 0.6) is 0 Å². The van der Waals surface area contributed by atoms with E-state index in [0.717, 1.165) is 24.1 Å². The zero-order chi connectivity index (χ0) is 19.9. The summed E-state index contributed by atoms with van der Waals surface area (Å²) in [4.78, 5) is 31.8. The summed E-state index contributed by atoms with van der Waals surface area (Å²) in [5.74, 6) is 0.297. The maximum absolute atomic E-state index is 13.1. The Kier molecular flexibility index (Phi) is 6.80. The fourth-order valence-corrected chi connectivity index (χ4v) is 3.74. The molecule has 1 saturated heterocycles. The van der Waals surface area contributed by atoms with E-state index in [4.69, 9.17) is 0 Å². The summed E-state index contributed by atoms with van der Waals surface area (Å²) in [7, 11) is 0. The molecule has 2 amide bonds. The number of hydrogen-bond donors (Lipinski definition) is 1. The third-order valence-electron chi connectivity index (χ3n) is 5.12. The number of nitrogens with one attached hydrogen (secondary N) is 1. The van der Waals surface area contributed by atoms with Gasteiger partial charge in [0, 0.05) is 31.3 Å². The second-order valence-electron chi connectivity index (χ2n) is 7.84. The molecule has 0 radical (unpaired) electrons. The summed E-state index contributed by atoms with van der Waals surface area (Å²) in [6.07, 6.45) is 4.46. The molecule has 28 heavy (non-hydrogen) atoms. The van der Waals surface area contributed by atoms with Crippen molar-refractivity contribution < 1.29 is 9.59 Å². The van der Waals surface area contributed by atoms with Crippen LogP contribution in [0.15, 0.2) is 54.7 Å². The number of likely N-dealkylation sites (tertiary alicyclic amines) is 1. The molecular weight excluding hydrogens is 350 g/mol. The molecule has 5 heteroatoms. The highest BCUT2D eigenvalue weighted by molar-refractivity contribution is 5.88. The summed E-state index contributed by atoms with van der Waals surface area (Å²) in [5, 5.41) is 3.19. The molecule has 3 rings (SSSR count). The van der Waals surface area contributed by atoms with Crippen LogP contribution in [0.3, 0.4) is 0 Å². The van der Waals surface area contributed by atoms with E-state index in [1.165, 1.54) is 0 Å². The molecule has 0 saturated carbocycles. The Morgan fingerprint density at radius 2 is 1.89 bits per heavy atom. The van der Waals surface area contributed by atoms with Gasteiger partial charge >= 0.3 is 0 Å². The summed E-state index contributed by atoms with van der Waals surface area (Å²) in [5.41, 5.74) is 1.97. The fraction of sp³-hybridized carbons (Fsp3) is 0.435. The zero-order valence-corrected chi connectivity index (χ0v) is 16.7. The van der Waals surface area contributed by atoms with Crippen molar-refractivity contribution in [3.05, 3.63) is 66.0 Å². The minimum absolute atomic E-state index is 0.0700. The monoisotopic (exact) mass is 379 g/mol. The molecule has 0 bridgehead atoms. The van der Waals surface area contributed by atoms with Crippen molar-refractivity contribution in [2.45, 2.75) is 51.6 Å². The number of rotatable bonds is 7. The smallest absolute Gasteiger partial charge is 0.243 e. The highest BCUT2D eigenvalue weighted by atomic mass is 16.2. The lowest BCUT2D eigenvalue weighted by atomic mass is 10.0. The van der Waals surface area contributed by atoms with Gasteiger partial charge in [0.25, 0.3) is 0 Å². The van der Waals surface area contributed by atoms with Crippen molar-refractivity contribution in [3.8, 4) is 0 Å². The van der Waals surface area contributed by atoms with E-state index in [0.29, 0.717) is 19.4 Å². The second kappa shape index (κ2) is 9.49. The number of aromatic nitrogens is 1. The molecule has 2 atom stereocenters. The Balaban J connectivity index is 1.74. The van der Waals surface area contributed by atoms with Crippen molar-refractivity contribution in [3.63, 3.8) is 0 Å². The molecule has 1 aromatic carbocycles. The summed E-state index contributed by atoms with van der Waals surface area (Å²) in [6, 6.07) is 15.2.